The van der Waals surface area contributed by atoms with Crippen LogP contribution in [-0.2, 0) is 4.79 Å². The number of nitrogens with one attached hydrogen (secondary N) is 1. The van der Waals surface area contributed by atoms with E-state index in [1.54, 1.807) is 10.9 Å². The molecule has 0 saturated heterocycles. The summed E-state index contributed by atoms with van der Waals surface area (Å²) in [5.41, 5.74) is 2.72. The van der Waals surface area contributed by atoms with E-state index in [1.165, 1.54) is 0 Å². The predicted octanol–water partition coefficient (Wildman–Crippen LogP) is 3.18. The summed E-state index contributed by atoms with van der Waals surface area (Å²) in [4.78, 5) is 16.6. The van der Waals surface area contributed by atoms with Crippen molar-refractivity contribution in [2.75, 3.05) is 5.32 Å². The molecule has 0 radical (unpaired) electrons. The minimum absolute atomic E-state index is 0.0701. The van der Waals surface area contributed by atoms with Crippen molar-refractivity contribution in [1.29, 1.82) is 0 Å². The smallest absolute Gasteiger partial charge is 0.227 e. The fraction of sp³-hybridized carbons (Fsp3) is 0.353. The highest BCUT2D eigenvalue weighted by Gasteiger charge is 2.18. The fourth-order valence-corrected chi connectivity index (χ4v) is 2.72. The van der Waals surface area contributed by atoms with Gasteiger partial charge in [0.05, 0.1) is 17.6 Å². The molecule has 3 rings (SSSR count). The molecule has 0 spiro atoms. The first-order valence-electron chi connectivity index (χ1n) is 7.59. The molecule has 1 N–H and O–H groups in total. The van der Waals surface area contributed by atoms with Crippen molar-refractivity contribution in [3.63, 3.8) is 0 Å². The molecule has 1 amide bonds. The molecule has 2 aromatic rings. The zero-order valence-electron chi connectivity index (χ0n) is 12.9. The van der Waals surface area contributed by atoms with Crippen LogP contribution in [0.5, 0.6) is 0 Å². The van der Waals surface area contributed by atoms with Gasteiger partial charge in [-0.15, -0.1) is 0 Å². The van der Waals surface area contributed by atoms with Crippen LogP contribution in [0.4, 0.5) is 5.69 Å². The molecule has 1 atom stereocenters. The molecule has 2 aromatic heterocycles. The quantitative estimate of drug-likeness (QED) is 0.885. The van der Waals surface area contributed by atoms with Gasteiger partial charge in [0, 0.05) is 11.6 Å². The average Bonchev–Trinajstić information content (AvgIpc) is 2.87. The molecular formula is C17H20N4O. The highest BCUT2D eigenvalue weighted by molar-refractivity contribution is 5.92. The van der Waals surface area contributed by atoms with Crippen molar-refractivity contribution < 1.29 is 4.79 Å². The lowest BCUT2D eigenvalue weighted by molar-refractivity contribution is -0.120. The Morgan fingerprint density at radius 2 is 2.18 bits per heavy atom. The van der Waals surface area contributed by atoms with E-state index in [0.717, 1.165) is 42.2 Å². The Balaban J connectivity index is 1.70. The number of aromatic nitrogens is 3. The second-order valence-electron chi connectivity index (χ2n) is 5.71. The molecule has 1 aliphatic carbocycles. The Morgan fingerprint density at radius 3 is 2.77 bits per heavy atom. The third kappa shape index (κ3) is 3.08. The summed E-state index contributed by atoms with van der Waals surface area (Å²) in [6, 6.07) is 5.75. The Kier molecular flexibility index (Phi) is 4.04. The first-order valence-corrected chi connectivity index (χ1v) is 7.59. The van der Waals surface area contributed by atoms with Gasteiger partial charge in [0.2, 0.25) is 5.91 Å². The van der Waals surface area contributed by atoms with Crippen LogP contribution in [0.2, 0.25) is 0 Å². The number of pyridine rings is 1. The van der Waals surface area contributed by atoms with E-state index in [0.29, 0.717) is 0 Å². The summed E-state index contributed by atoms with van der Waals surface area (Å²) in [5.74, 6) is 0.898. The molecule has 5 heteroatoms. The first-order chi connectivity index (χ1) is 10.6. The molecule has 2 heterocycles. The Labute approximate surface area is 130 Å². The van der Waals surface area contributed by atoms with Gasteiger partial charge in [-0.25, -0.2) is 9.67 Å². The summed E-state index contributed by atoms with van der Waals surface area (Å²) in [6.07, 6.45) is 8.62. The van der Waals surface area contributed by atoms with Crippen molar-refractivity contribution in [2.45, 2.75) is 33.1 Å². The second-order valence-corrected chi connectivity index (χ2v) is 5.71. The second kappa shape index (κ2) is 6.13. The number of anilines is 1. The highest BCUT2D eigenvalue weighted by Crippen LogP contribution is 2.20. The maximum absolute atomic E-state index is 12.2. The van der Waals surface area contributed by atoms with Gasteiger partial charge in [-0.05, 0) is 51.3 Å². The van der Waals surface area contributed by atoms with Gasteiger partial charge in [-0.2, -0.15) is 5.10 Å². The number of allylic oxidation sites excluding steroid dienone is 2. The van der Waals surface area contributed by atoms with Crippen LogP contribution in [0.25, 0.3) is 5.82 Å². The number of hydrogen-bond donors (Lipinski definition) is 1. The van der Waals surface area contributed by atoms with Crippen LogP contribution in [0, 0.1) is 19.8 Å². The van der Waals surface area contributed by atoms with E-state index >= 15 is 0 Å². The van der Waals surface area contributed by atoms with Crippen LogP contribution in [-0.4, -0.2) is 20.7 Å². The van der Waals surface area contributed by atoms with Crippen LogP contribution in [0.15, 0.2) is 36.5 Å². The van der Waals surface area contributed by atoms with Crippen LogP contribution < -0.4 is 5.32 Å². The van der Waals surface area contributed by atoms with Gasteiger partial charge < -0.3 is 5.32 Å². The highest BCUT2D eigenvalue weighted by atomic mass is 16.1. The van der Waals surface area contributed by atoms with E-state index in [1.807, 2.05) is 32.0 Å². The lowest BCUT2D eigenvalue weighted by Crippen LogP contribution is -2.23. The number of aryl methyl sites for hydroxylation is 2. The third-order valence-corrected chi connectivity index (χ3v) is 3.88. The third-order valence-electron chi connectivity index (χ3n) is 3.88. The molecule has 1 aliphatic rings. The number of rotatable bonds is 3. The largest absolute Gasteiger partial charge is 0.324 e. The van der Waals surface area contributed by atoms with Crippen molar-refractivity contribution in [1.82, 2.24) is 14.8 Å². The van der Waals surface area contributed by atoms with Gasteiger partial charge in [0.1, 0.15) is 0 Å². The minimum atomic E-state index is 0.0701. The number of carbonyl (C=O) groups excluding carboxylic acids is 1. The van der Waals surface area contributed by atoms with E-state index in [2.05, 4.69) is 27.6 Å². The summed E-state index contributed by atoms with van der Waals surface area (Å²) < 4.78 is 1.80. The summed E-state index contributed by atoms with van der Waals surface area (Å²) >= 11 is 0. The molecule has 5 nitrogen and oxygen atoms in total. The molecule has 0 aliphatic heterocycles. The number of hydrogen-bond acceptors (Lipinski definition) is 3. The minimum Gasteiger partial charge on any atom is -0.324 e. The average molecular weight is 296 g/mol. The Morgan fingerprint density at radius 1 is 1.32 bits per heavy atom. The van der Waals surface area contributed by atoms with Crippen molar-refractivity contribution >= 4 is 11.6 Å². The van der Waals surface area contributed by atoms with E-state index < -0.39 is 0 Å². The summed E-state index contributed by atoms with van der Waals surface area (Å²) in [6.45, 7) is 3.95. The van der Waals surface area contributed by atoms with Crippen molar-refractivity contribution in [3.05, 3.63) is 47.9 Å². The summed E-state index contributed by atoms with van der Waals surface area (Å²) in [5, 5.41) is 7.35. The van der Waals surface area contributed by atoms with E-state index in [4.69, 9.17) is 0 Å². The van der Waals surface area contributed by atoms with Gasteiger partial charge in [-0.1, -0.05) is 12.2 Å². The van der Waals surface area contributed by atoms with Gasteiger partial charge in [0.25, 0.3) is 0 Å². The molecule has 0 fully saturated rings. The SMILES string of the molecule is Cc1cc(C)n(-c2ccc(NC(=O)C3CC=CCC3)cn2)n1. The molecular weight excluding hydrogens is 276 g/mol. The maximum atomic E-state index is 12.2. The molecule has 0 aromatic carbocycles. The number of carbonyl (C=O) groups is 1. The number of nitrogens with zero attached hydrogens (tertiary/aromatic N) is 3. The van der Waals surface area contributed by atoms with Crippen LogP contribution in [0.1, 0.15) is 30.7 Å². The summed E-state index contributed by atoms with van der Waals surface area (Å²) in [7, 11) is 0. The predicted molar refractivity (Wildman–Crippen MR) is 85.9 cm³/mol. The van der Waals surface area contributed by atoms with Crippen LogP contribution in [0.3, 0.4) is 0 Å². The zero-order valence-corrected chi connectivity index (χ0v) is 12.9. The fourth-order valence-electron chi connectivity index (χ4n) is 2.72. The monoisotopic (exact) mass is 296 g/mol. The standard InChI is InChI=1S/C17H20N4O/c1-12-10-13(2)21(20-12)16-9-8-15(11-18-16)19-17(22)14-6-4-3-5-7-14/h3-4,8-11,14H,5-7H2,1-2H3,(H,19,22). The van der Waals surface area contributed by atoms with Crippen molar-refractivity contribution in [2.24, 2.45) is 5.92 Å². The zero-order chi connectivity index (χ0) is 15.5. The Hall–Kier alpha value is -2.43. The maximum Gasteiger partial charge on any atom is 0.227 e. The molecule has 114 valence electrons. The molecule has 0 bridgehead atoms. The van der Waals surface area contributed by atoms with E-state index in [9.17, 15) is 4.79 Å². The lowest BCUT2D eigenvalue weighted by atomic mass is 9.93. The topological polar surface area (TPSA) is 59.8 Å². The van der Waals surface area contributed by atoms with Crippen molar-refractivity contribution in [3.8, 4) is 5.82 Å². The Bertz CT molecular complexity index is 700. The van der Waals surface area contributed by atoms with Crippen LogP contribution >= 0.6 is 0 Å². The normalized spacial score (nSPS) is 17.5. The van der Waals surface area contributed by atoms with E-state index in [-0.39, 0.29) is 11.8 Å². The van der Waals surface area contributed by atoms with Gasteiger partial charge >= 0.3 is 0 Å². The number of amides is 1. The first kappa shape index (κ1) is 14.5. The molecule has 1 unspecified atom stereocenters. The van der Waals surface area contributed by atoms with Gasteiger partial charge in [-0.3, -0.25) is 4.79 Å². The molecule has 22 heavy (non-hydrogen) atoms. The van der Waals surface area contributed by atoms with Gasteiger partial charge in [0.15, 0.2) is 5.82 Å². The molecule has 0 saturated carbocycles. The lowest BCUT2D eigenvalue weighted by Gasteiger charge is -2.17.